The molecule has 1 saturated carbocycles. The molecule has 1 aliphatic heterocycles. The van der Waals surface area contributed by atoms with E-state index in [0.717, 1.165) is 63.1 Å². The van der Waals surface area contributed by atoms with Crippen LogP contribution in [0, 0.1) is 12.3 Å². The molecular weight excluding hydrogens is 530 g/mol. The summed E-state index contributed by atoms with van der Waals surface area (Å²) in [4.78, 5) is 38.7. The minimum Gasteiger partial charge on any atom is -0.369 e. The molecule has 0 unspecified atom stereocenters. The summed E-state index contributed by atoms with van der Waals surface area (Å²) in [6.07, 6.45) is 14.4. The Hall–Kier alpha value is -4.69. The first-order chi connectivity index (χ1) is 20.4. The van der Waals surface area contributed by atoms with Crippen molar-refractivity contribution in [1.82, 2.24) is 29.2 Å². The third-order valence-corrected chi connectivity index (χ3v) is 8.38. The number of nitrogens with two attached hydrogens (primary N) is 1. The minimum atomic E-state index is -0.376. The lowest BCUT2D eigenvalue weighted by molar-refractivity contribution is -0.117. The number of benzene rings is 1. The number of carbonyl (C=O) groups excluding carboxylic acids is 1. The van der Waals surface area contributed by atoms with Crippen LogP contribution in [0.4, 0.5) is 17.3 Å². The zero-order valence-electron chi connectivity index (χ0n) is 23.7. The van der Waals surface area contributed by atoms with Crippen molar-refractivity contribution in [3.8, 4) is 12.3 Å². The maximum absolute atomic E-state index is 13.4. The molecule has 216 valence electrons. The number of hydrogen-bond donors (Lipinski definition) is 2. The van der Waals surface area contributed by atoms with Crippen molar-refractivity contribution in [3.63, 3.8) is 0 Å². The quantitative estimate of drug-likeness (QED) is 0.328. The summed E-state index contributed by atoms with van der Waals surface area (Å²) in [5, 5.41) is 8.44. The Kier molecular flexibility index (Phi) is 7.63. The molecule has 1 saturated heterocycles. The Labute approximate surface area is 244 Å². The van der Waals surface area contributed by atoms with E-state index in [0.29, 0.717) is 22.5 Å². The molecule has 3 N–H and O–H groups in total. The molecule has 4 heterocycles. The second kappa shape index (κ2) is 11.7. The van der Waals surface area contributed by atoms with Gasteiger partial charge < -0.3 is 20.9 Å². The number of anilines is 3. The molecule has 2 aliphatic rings. The fraction of sp³-hybridized carbons (Fsp3) is 0.387. The number of likely N-dealkylation sites (N-methyl/N-ethyl adjacent to an activating group) is 1. The summed E-state index contributed by atoms with van der Waals surface area (Å²) in [6.45, 7) is 4.11. The second-order valence-corrected chi connectivity index (χ2v) is 11.2. The fourth-order valence-electron chi connectivity index (χ4n) is 6.05. The summed E-state index contributed by atoms with van der Waals surface area (Å²) in [6, 6.07) is 9.93. The first-order valence-electron chi connectivity index (χ1n) is 14.4. The van der Waals surface area contributed by atoms with Crippen LogP contribution >= 0.6 is 0 Å². The predicted octanol–water partition coefficient (Wildman–Crippen LogP) is 2.85. The van der Waals surface area contributed by atoms with Crippen molar-refractivity contribution >= 4 is 34.3 Å². The summed E-state index contributed by atoms with van der Waals surface area (Å²) in [5.74, 6) is 2.66. The molecule has 0 spiro atoms. The number of carbonyl (C=O) groups is 1. The summed E-state index contributed by atoms with van der Waals surface area (Å²) < 4.78 is 3.69. The van der Waals surface area contributed by atoms with Gasteiger partial charge in [-0.2, -0.15) is 10.1 Å². The van der Waals surface area contributed by atoms with Crippen LogP contribution in [0.2, 0.25) is 0 Å². The van der Waals surface area contributed by atoms with Crippen molar-refractivity contribution in [2.75, 3.05) is 43.4 Å². The summed E-state index contributed by atoms with van der Waals surface area (Å²) in [5.41, 5.74) is 9.05. The van der Waals surface area contributed by atoms with Crippen LogP contribution in [-0.4, -0.2) is 68.3 Å². The number of piperazine rings is 1. The van der Waals surface area contributed by atoms with E-state index in [2.05, 4.69) is 50.3 Å². The van der Waals surface area contributed by atoms with E-state index < -0.39 is 0 Å². The molecule has 11 heteroatoms. The van der Waals surface area contributed by atoms with E-state index in [-0.39, 0.29) is 30.0 Å². The van der Waals surface area contributed by atoms with Crippen LogP contribution in [0.15, 0.2) is 53.7 Å². The third kappa shape index (κ3) is 5.71. The lowest BCUT2D eigenvalue weighted by atomic mass is 9.90. The fourth-order valence-corrected chi connectivity index (χ4v) is 6.05. The zero-order chi connectivity index (χ0) is 29.2. The maximum Gasteiger partial charge on any atom is 0.253 e. The van der Waals surface area contributed by atoms with E-state index in [4.69, 9.17) is 17.1 Å². The van der Waals surface area contributed by atoms with Crippen LogP contribution in [-0.2, 0) is 11.2 Å². The van der Waals surface area contributed by atoms with Gasteiger partial charge in [0.2, 0.25) is 11.9 Å². The van der Waals surface area contributed by atoms with E-state index >= 15 is 0 Å². The number of primary amides is 1. The Balaban J connectivity index is 1.22. The number of nitrogens with zero attached hydrogens (tertiary/aromatic N) is 7. The van der Waals surface area contributed by atoms with E-state index in [1.165, 1.54) is 11.8 Å². The Bertz CT molecular complexity index is 1690. The van der Waals surface area contributed by atoms with E-state index in [9.17, 15) is 9.59 Å². The molecule has 1 aliphatic carbocycles. The van der Waals surface area contributed by atoms with Gasteiger partial charge in [-0.05, 0) is 62.6 Å². The number of aromatic nitrogens is 5. The zero-order valence-corrected chi connectivity index (χ0v) is 23.7. The van der Waals surface area contributed by atoms with Gasteiger partial charge in [0.15, 0.2) is 0 Å². The van der Waals surface area contributed by atoms with Gasteiger partial charge in [0, 0.05) is 67.6 Å². The topological polar surface area (TPSA) is 127 Å². The van der Waals surface area contributed by atoms with Gasteiger partial charge in [0.25, 0.3) is 5.56 Å². The highest BCUT2D eigenvalue weighted by atomic mass is 16.1. The van der Waals surface area contributed by atoms with Crippen molar-refractivity contribution in [1.29, 1.82) is 0 Å². The van der Waals surface area contributed by atoms with E-state index in [1.54, 1.807) is 17.0 Å². The molecule has 0 atom stereocenters. The predicted molar refractivity (Wildman–Crippen MR) is 163 cm³/mol. The summed E-state index contributed by atoms with van der Waals surface area (Å²) >= 11 is 0. The Morgan fingerprint density at radius 2 is 1.79 bits per heavy atom. The molecule has 2 fully saturated rings. The third-order valence-electron chi connectivity index (χ3n) is 8.38. The smallest absolute Gasteiger partial charge is 0.253 e. The van der Waals surface area contributed by atoms with Gasteiger partial charge >= 0.3 is 0 Å². The van der Waals surface area contributed by atoms with Gasteiger partial charge in [-0.15, -0.1) is 6.42 Å². The van der Waals surface area contributed by atoms with Crippen LogP contribution in [0.25, 0.3) is 11.0 Å². The molecule has 42 heavy (non-hydrogen) atoms. The molecule has 1 aromatic carbocycles. The second-order valence-electron chi connectivity index (χ2n) is 11.2. The lowest BCUT2D eigenvalue weighted by Gasteiger charge is -2.34. The lowest BCUT2D eigenvalue weighted by Crippen LogP contribution is -2.44. The molecule has 1 amide bonds. The average molecular weight is 566 g/mol. The molecule has 0 bridgehead atoms. The maximum atomic E-state index is 13.4. The largest absolute Gasteiger partial charge is 0.369 e. The monoisotopic (exact) mass is 565 g/mol. The highest BCUT2D eigenvalue weighted by molar-refractivity contribution is 5.82. The number of hydrogen-bond acceptors (Lipinski definition) is 8. The van der Waals surface area contributed by atoms with Gasteiger partial charge in [0.05, 0.1) is 24.0 Å². The first kappa shape index (κ1) is 27.5. The van der Waals surface area contributed by atoms with Crippen molar-refractivity contribution < 1.29 is 4.79 Å². The minimum absolute atomic E-state index is 0.0330. The standard InChI is InChI=1S/C31H35N9O2/c1-3-22-17-29(42)40(26-10-8-25(9-11-26)39-20-21(18-34-39)16-28(32)41)30-27(22)19-33-31(36-30)35-23-4-6-24(7-5-23)38-14-12-37(2)13-15-38/h1,4-7,17-20,25-26H,8-16H2,2H3,(H2,32,41)(H,33,35,36). The van der Waals surface area contributed by atoms with Gasteiger partial charge in [-0.3, -0.25) is 18.8 Å². The van der Waals surface area contributed by atoms with Gasteiger partial charge in [-0.25, -0.2) is 4.98 Å². The molecule has 11 nitrogen and oxygen atoms in total. The first-order valence-corrected chi connectivity index (χ1v) is 14.4. The van der Waals surface area contributed by atoms with Crippen LogP contribution in [0.3, 0.4) is 0 Å². The molecule has 4 aromatic rings. The Morgan fingerprint density at radius 1 is 1.07 bits per heavy atom. The van der Waals surface area contributed by atoms with Crippen molar-refractivity contribution in [2.24, 2.45) is 5.73 Å². The van der Waals surface area contributed by atoms with Crippen molar-refractivity contribution in [2.45, 2.75) is 44.2 Å². The Morgan fingerprint density at radius 3 is 2.48 bits per heavy atom. The summed E-state index contributed by atoms with van der Waals surface area (Å²) in [7, 11) is 2.15. The number of rotatable bonds is 7. The van der Waals surface area contributed by atoms with Crippen LogP contribution in [0.1, 0.15) is 48.9 Å². The SMILES string of the molecule is C#Cc1cc(=O)n(C2CCC(n3cc(CC(N)=O)cn3)CC2)c2nc(Nc3ccc(N4CCN(C)CC4)cc3)ncc12. The van der Waals surface area contributed by atoms with Gasteiger partial charge in [0.1, 0.15) is 5.65 Å². The molecule has 3 aromatic heterocycles. The van der Waals surface area contributed by atoms with Gasteiger partial charge in [-0.1, -0.05) is 5.92 Å². The number of amides is 1. The number of terminal acetylenes is 1. The highest BCUT2D eigenvalue weighted by Gasteiger charge is 2.27. The van der Waals surface area contributed by atoms with Crippen molar-refractivity contribution in [3.05, 3.63) is 70.4 Å². The average Bonchev–Trinajstić information content (AvgIpc) is 3.45. The number of pyridine rings is 1. The number of nitrogens with one attached hydrogen (secondary N) is 1. The van der Waals surface area contributed by atoms with Crippen LogP contribution < -0.4 is 21.5 Å². The molecular formula is C31H35N9O2. The van der Waals surface area contributed by atoms with Crippen LogP contribution in [0.5, 0.6) is 0 Å². The normalized spacial score (nSPS) is 19.5. The molecule has 0 radical (unpaired) electrons. The number of fused-ring (bicyclic) bond motifs is 1. The van der Waals surface area contributed by atoms with E-state index in [1.807, 2.05) is 23.0 Å². The molecule has 6 rings (SSSR count). The highest BCUT2D eigenvalue weighted by Crippen LogP contribution is 2.35.